The average Bonchev–Trinajstić information content (AvgIpc) is 2.99. The summed E-state index contributed by atoms with van der Waals surface area (Å²) in [6.45, 7) is 8.11. The Kier molecular flexibility index (Phi) is 8.61. The number of rotatable bonds is 9. The van der Waals surface area contributed by atoms with Crippen molar-refractivity contribution in [1.82, 2.24) is 15.2 Å². The van der Waals surface area contributed by atoms with Gasteiger partial charge in [-0.3, -0.25) is 0 Å². The Labute approximate surface area is 142 Å². The van der Waals surface area contributed by atoms with Gasteiger partial charge in [-0.15, -0.1) is 11.3 Å². The lowest BCUT2D eigenvalue weighted by molar-refractivity contribution is 0.0594. The van der Waals surface area contributed by atoms with Gasteiger partial charge in [-0.05, 0) is 18.8 Å². The van der Waals surface area contributed by atoms with Crippen LogP contribution in [-0.4, -0.2) is 42.1 Å². The molecule has 1 heterocycles. The number of unbranched alkanes of at least 4 members (excludes halogenated alkanes) is 1. The Morgan fingerprint density at radius 3 is 2.78 bits per heavy atom. The number of thiazole rings is 1. The van der Waals surface area contributed by atoms with E-state index in [1.807, 2.05) is 0 Å². The molecule has 6 nitrogen and oxygen atoms in total. The Morgan fingerprint density at radius 2 is 2.17 bits per heavy atom. The zero-order valence-corrected chi connectivity index (χ0v) is 15.2. The van der Waals surface area contributed by atoms with E-state index in [9.17, 15) is 9.59 Å². The topological polar surface area (TPSA) is 71.5 Å². The number of nitrogens with zero attached hydrogens (tertiary/aromatic N) is 2. The van der Waals surface area contributed by atoms with Crippen molar-refractivity contribution in [3.63, 3.8) is 0 Å². The van der Waals surface area contributed by atoms with Crippen LogP contribution in [0.25, 0.3) is 0 Å². The molecule has 7 heteroatoms. The third-order valence-corrected chi connectivity index (χ3v) is 4.18. The Morgan fingerprint density at radius 1 is 1.43 bits per heavy atom. The van der Waals surface area contributed by atoms with Crippen molar-refractivity contribution in [2.24, 2.45) is 5.92 Å². The number of amides is 2. The molecule has 0 fully saturated rings. The molecule has 2 amide bonds. The molecule has 1 N–H and O–H groups in total. The van der Waals surface area contributed by atoms with Crippen molar-refractivity contribution < 1.29 is 14.3 Å². The summed E-state index contributed by atoms with van der Waals surface area (Å²) >= 11 is 1.37. The Balaban J connectivity index is 2.69. The van der Waals surface area contributed by atoms with Gasteiger partial charge in [0, 0.05) is 18.5 Å². The van der Waals surface area contributed by atoms with Crippen LogP contribution in [0.2, 0.25) is 0 Å². The number of aromatic nitrogens is 1. The van der Waals surface area contributed by atoms with Gasteiger partial charge in [0.25, 0.3) is 0 Å². The molecule has 0 aliphatic heterocycles. The number of hydrogen-bond acceptors (Lipinski definition) is 5. The van der Waals surface area contributed by atoms with Crippen LogP contribution >= 0.6 is 11.3 Å². The van der Waals surface area contributed by atoms with Gasteiger partial charge in [-0.1, -0.05) is 27.2 Å². The van der Waals surface area contributed by atoms with Gasteiger partial charge in [0.1, 0.15) is 5.01 Å². The maximum atomic E-state index is 12.3. The van der Waals surface area contributed by atoms with Gasteiger partial charge < -0.3 is 15.0 Å². The van der Waals surface area contributed by atoms with Crippen LogP contribution in [0.4, 0.5) is 4.79 Å². The first-order chi connectivity index (χ1) is 11.0. The number of methoxy groups -OCH3 is 1. The molecule has 0 bridgehead atoms. The minimum absolute atomic E-state index is 0.0751. The third kappa shape index (κ3) is 6.99. The number of hydrogen-bond donors (Lipinski definition) is 1. The first-order valence-electron chi connectivity index (χ1n) is 8.03. The highest BCUT2D eigenvalue weighted by molar-refractivity contribution is 7.09. The lowest BCUT2D eigenvalue weighted by atomic mass is 10.1. The first-order valence-corrected chi connectivity index (χ1v) is 8.91. The monoisotopic (exact) mass is 341 g/mol. The van der Waals surface area contributed by atoms with Crippen LogP contribution in [0.1, 0.15) is 55.5 Å². The van der Waals surface area contributed by atoms with Crippen molar-refractivity contribution in [1.29, 1.82) is 0 Å². The number of nitrogens with one attached hydrogen (secondary N) is 1. The largest absolute Gasteiger partial charge is 0.464 e. The predicted molar refractivity (Wildman–Crippen MR) is 91.6 cm³/mol. The van der Waals surface area contributed by atoms with E-state index in [0.717, 1.165) is 24.3 Å². The lowest BCUT2D eigenvalue weighted by Gasteiger charge is -2.23. The predicted octanol–water partition coefficient (Wildman–Crippen LogP) is 3.29. The van der Waals surface area contributed by atoms with Crippen LogP contribution < -0.4 is 5.32 Å². The highest BCUT2D eigenvalue weighted by Crippen LogP contribution is 2.14. The number of carbonyl (C=O) groups excluding carboxylic acids is 2. The maximum Gasteiger partial charge on any atom is 0.357 e. The van der Waals surface area contributed by atoms with Crippen LogP contribution in [0.15, 0.2) is 5.38 Å². The summed E-state index contributed by atoms with van der Waals surface area (Å²) in [5, 5.41) is 5.34. The van der Waals surface area contributed by atoms with E-state index in [2.05, 4.69) is 35.8 Å². The summed E-state index contributed by atoms with van der Waals surface area (Å²) in [6, 6.07) is -0.0751. The molecular weight excluding hydrogens is 314 g/mol. The van der Waals surface area contributed by atoms with E-state index in [-0.39, 0.29) is 6.03 Å². The number of carbonyl (C=O) groups is 2. The van der Waals surface area contributed by atoms with Crippen LogP contribution in [0, 0.1) is 5.92 Å². The van der Waals surface area contributed by atoms with E-state index in [4.69, 9.17) is 0 Å². The normalized spacial score (nSPS) is 10.7. The summed E-state index contributed by atoms with van der Waals surface area (Å²) in [7, 11) is 1.33. The smallest absolute Gasteiger partial charge is 0.357 e. The highest BCUT2D eigenvalue weighted by Gasteiger charge is 2.17. The van der Waals surface area contributed by atoms with E-state index >= 15 is 0 Å². The second-order valence-corrected chi connectivity index (χ2v) is 6.75. The Bertz CT molecular complexity index is 503. The van der Waals surface area contributed by atoms with E-state index < -0.39 is 5.97 Å². The molecule has 1 aromatic heterocycles. The van der Waals surface area contributed by atoms with Gasteiger partial charge >= 0.3 is 12.0 Å². The van der Waals surface area contributed by atoms with E-state index in [1.54, 1.807) is 10.3 Å². The standard InChI is InChI=1S/C16H27N3O3S/c1-5-6-8-17-16(21)19(9-7-12(2)3)10-14-18-13(11-23-14)15(20)22-4/h11-12H,5-10H2,1-4H3,(H,17,21). The number of ether oxygens (including phenoxy) is 1. The van der Waals surface area contributed by atoms with Crippen molar-refractivity contribution in [3.8, 4) is 0 Å². The van der Waals surface area contributed by atoms with E-state index in [0.29, 0.717) is 31.2 Å². The molecule has 0 saturated carbocycles. The fourth-order valence-electron chi connectivity index (χ4n) is 1.90. The van der Waals surface area contributed by atoms with Gasteiger partial charge in [0.15, 0.2) is 5.69 Å². The summed E-state index contributed by atoms with van der Waals surface area (Å²) in [4.78, 5) is 29.8. The van der Waals surface area contributed by atoms with Crippen LogP contribution in [0.5, 0.6) is 0 Å². The van der Waals surface area contributed by atoms with Gasteiger partial charge in [-0.2, -0.15) is 0 Å². The Hall–Kier alpha value is -1.63. The summed E-state index contributed by atoms with van der Waals surface area (Å²) in [5.41, 5.74) is 0.294. The lowest BCUT2D eigenvalue weighted by Crippen LogP contribution is -2.40. The summed E-state index contributed by atoms with van der Waals surface area (Å²) in [6.07, 6.45) is 2.94. The van der Waals surface area contributed by atoms with Crippen molar-refractivity contribution in [2.75, 3.05) is 20.2 Å². The van der Waals surface area contributed by atoms with E-state index in [1.165, 1.54) is 18.4 Å². The summed E-state index contributed by atoms with van der Waals surface area (Å²) in [5.74, 6) is 0.0662. The van der Waals surface area contributed by atoms with Crippen LogP contribution in [0.3, 0.4) is 0 Å². The molecule has 23 heavy (non-hydrogen) atoms. The molecule has 0 atom stereocenters. The molecule has 0 radical (unpaired) electrons. The van der Waals surface area contributed by atoms with Crippen LogP contribution in [-0.2, 0) is 11.3 Å². The van der Waals surface area contributed by atoms with Gasteiger partial charge in [-0.25, -0.2) is 14.6 Å². The summed E-state index contributed by atoms with van der Waals surface area (Å²) < 4.78 is 4.66. The third-order valence-electron chi connectivity index (χ3n) is 3.34. The fourth-order valence-corrected chi connectivity index (χ4v) is 2.67. The zero-order valence-electron chi connectivity index (χ0n) is 14.4. The molecule has 0 unspecified atom stereocenters. The molecule has 1 aromatic rings. The second-order valence-electron chi connectivity index (χ2n) is 5.81. The minimum Gasteiger partial charge on any atom is -0.464 e. The average molecular weight is 341 g/mol. The van der Waals surface area contributed by atoms with Crippen molar-refractivity contribution in [2.45, 2.75) is 46.6 Å². The highest BCUT2D eigenvalue weighted by atomic mass is 32.1. The molecule has 0 aliphatic rings. The second kappa shape index (κ2) is 10.2. The SMILES string of the molecule is CCCCNC(=O)N(CCC(C)C)Cc1nc(C(=O)OC)cs1. The molecule has 0 saturated heterocycles. The van der Waals surface area contributed by atoms with Crippen molar-refractivity contribution >= 4 is 23.3 Å². The molecule has 0 spiro atoms. The first kappa shape index (κ1) is 19.4. The molecule has 0 aromatic carbocycles. The fraction of sp³-hybridized carbons (Fsp3) is 0.688. The quantitative estimate of drug-likeness (QED) is 0.553. The minimum atomic E-state index is -0.450. The number of esters is 1. The molecule has 1 rings (SSSR count). The molecule has 130 valence electrons. The molecular formula is C16H27N3O3S. The molecule has 0 aliphatic carbocycles. The van der Waals surface area contributed by atoms with Gasteiger partial charge in [0.05, 0.1) is 13.7 Å². The van der Waals surface area contributed by atoms with Gasteiger partial charge in [0.2, 0.25) is 0 Å². The zero-order chi connectivity index (χ0) is 17.2. The maximum absolute atomic E-state index is 12.3. The van der Waals surface area contributed by atoms with Crippen molar-refractivity contribution in [3.05, 3.63) is 16.1 Å². The number of urea groups is 1.